The molecule has 1 heterocycles. The molecule has 0 saturated carbocycles. The van der Waals surface area contributed by atoms with Crippen molar-refractivity contribution in [2.75, 3.05) is 5.32 Å². The van der Waals surface area contributed by atoms with Crippen LogP contribution in [-0.2, 0) is 5.41 Å². The van der Waals surface area contributed by atoms with Crippen LogP contribution >= 0.6 is 0 Å². The van der Waals surface area contributed by atoms with E-state index in [4.69, 9.17) is 9.72 Å². The van der Waals surface area contributed by atoms with Crippen LogP contribution in [0.15, 0.2) is 60.7 Å². The number of hydrogen-bond donors (Lipinski definition) is 1. The predicted molar refractivity (Wildman–Crippen MR) is 96.5 cm³/mol. The molecule has 3 rings (SSSR count). The topological polar surface area (TPSA) is 51.2 Å². The van der Waals surface area contributed by atoms with E-state index in [1.54, 1.807) is 12.1 Å². The Balaban J connectivity index is 1.93. The first-order valence-electron chi connectivity index (χ1n) is 7.87. The number of nitrogens with one attached hydrogen (secondary N) is 1. The van der Waals surface area contributed by atoms with Gasteiger partial charge in [0.25, 0.3) is 0 Å². The van der Waals surface area contributed by atoms with Crippen LogP contribution in [0.1, 0.15) is 26.5 Å². The van der Waals surface area contributed by atoms with Gasteiger partial charge in [0.15, 0.2) is 0 Å². The molecule has 0 unspecified atom stereocenters. The molecule has 0 spiro atoms. The van der Waals surface area contributed by atoms with Gasteiger partial charge in [0, 0.05) is 10.8 Å². The van der Waals surface area contributed by atoms with E-state index in [9.17, 15) is 4.79 Å². The molecule has 1 N–H and O–H groups in total. The third-order valence-corrected chi connectivity index (χ3v) is 3.62. The van der Waals surface area contributed by atoms with Crippen molar-refractivity contribution in [3.05, 3.63) is 66.4 Å². The lowest BCUT2D eigenvalue weighted by molar-refractivity contribution is 0.215. The summed E-state index contributed by atoms with van der Waals surface area (Å²) in [5, 5.41) is 3.81. The number of carbonyl (C=O) groups excluding carboxylic acids is 1. The molecule has 0 aliphatic carbocycles. The van der Waals surface area contributed by atoms with E-state index >= 15 is 0 Å². The van der Waals surface area contributed by atoms with Gasteiger partial charge in [0.1, 0.15) is 5.75 Å². The Kier molecular flexibility index (Phi) is 4.21. The molecule has 0 radical (unpaired) electrons. The second kappa shape index (κ2) is 6.32. The van der Waals surface area contributed by atoms with Crippen LogP contribution < -0.4 is 10.1 Å². The number of aromatic nitrogens is 1. The van der Waals surface area contributed by atoms with Crippen LogP contribution in [0.25, 0.3) is 10.9 Å². The summed E-state index contributed by atoms with van der Waals surface area (Å²) in [7, 11) is 0. The van der Waals surface area contributed by atoms with Gasteiger partial charge in [-0.1, -0.05) is 57.2 Å². The van der Waals surface area contributed by atoms with Crippen LogP contribution in [0, 0.1) is 0 Å². The molecule has 0 saturated heterocycles. The fourth-order valence-electron chi connectivity index (χ4n) is 2.51. The molecule has 1 aromatic heterocycles. The minimum Gasteiger partial charge on any atom is -0.410 e. The first kappa shape index (κ1) is 16.0. The first-order chi connectivity index (χ1) is 11.4. The lowest BCUT2D eigenvalue weighted by atomic mass is 9.90. The number of fused-ring (bicyclic) bond motifs is 1. The zero-order valence-corrected chi connectivity index (χ0v) is 14.0. The van der Waals surface area contributed by atoms with Gasteiger partial charge in [-0.15, -0.1) is 0 Å². The van der Waals surface area contributed by atoms with Crippen molar-refractivity contribution >= 4 is 22.7 Å². The number of para-hydroxylation sites is 2. The number of benzene rings is 2. The van der Waals surface area contributed by atoms with Gasteiger partial charge < -0.3 is 4.74 Å². The van der Waals surface area contributed by atoms with E-state index < -0.39 is 6.09 Å². The summed E-state index contributed by atoms with van der Waals surface area (Å²) < 4.78 is 5.32. The molecule has 1 amide bonds. The van der Waals surface area contributed by atoms with E-state index in [0.29, 0.717) is 11.4 Å². The first-order valence-corrected chi connectivity index (χ1v) is 7.87. The number of anilines is 1. The Labute approximate surface area is 141 Å². The quantitative estimate of drug-likeness (QED) is 0.711. The maximum atomic E-state index is 12.2. The third-order valence-electron chi connectivity index (χ3n) is 3.62. The maximum absolute atomic E-state index is 12.2. The van der Waals surface area contributed by atoms with Gasteiger partial charge in [0.2, 0.25) is 0 Å². The molecular weight excluding hydrogens is 300 g/mol. The Morgan fingerprint density at radius 2 is 1.67 bits per heavy atom. The minimum atomic E-state index is -0.524. The lowest BCUT2D eigenvalue weighted by Gasteiger charge is -2.22. The highest BCUT2D eigenvalue weighted by atomic mass is 16.6. The summed E-state index contributed by atoms with van der Waals surface area (Å²) in [6.45, 7) is 6.20. The number of ether oxygens (including phenoxy) is 1. The monoisotopic (exact) mass is 320 g/mol. The van der Waals surface area contributed by atoms with Crippen LogP contribution in [0.4, 0.5) is 10.5 Å². The number of pyridine rings is 1. The molecule has 122 valence electrons. The second-order valence-electron chi connectivity index (χ2n) is 6.65. The molecule has 0 fully saturated rings. The Hall–Kier alpha value is -2.88. The summed E-state index contributed by atoms with van der Waals surface area (Å²) in [6, 6.07) is 18.8. The normalized spacial score (nSPS) is 11.3. The van der Waals surface area contributed by atoms with Crippen molar-refractivity contribution in [2.45, 2.75) is 26.2 Å². The SMILES string of the molecule is CC(C)(C)c1nc2ccccc2cc1NC(=O)Oc1ccccc1. The molecule has 3 aromatic rings. The Morgan fingerprint density at radius 1 is 1.00 bits per heavy atom. The fourth-order valence-corrected chi connectivity index (χ4v) is 2.51. The number of rotatable bonds is 2. The third kappa shape index (κ3) is 3.54. The lowest BCUT2D eigenvalue weighted by Crippen LogP contribution is -2.22. The summed E-state index contributed by atoms with van der Waals surface area (Å²) in [6.07, 6.45) is -0.524. The van der Waals surface area contributed by atoms with E-state index in [-0.39, 0.29) is 5.41 Å². The summed E-state index contributed by atoms with van der Waals surface area (Å²) in [4.78, 5) is 17.0. The molecule has 0 bridgehead atoms. The highest BCUT2D eigenvalue weighted by molar-refractivity contribution is 5.91. The van der Waals surface area contributed by atoms with Gasteiger partial charge >= 0.3 is 6.09 Å². The molecule has 2 aromatic carbocycles. The van der Waals surface area contributed by atoms with Crippen molar-refractivity contribution in [3.63, 3.8) is 0 Å². The standard InChI is InChI=1S/C20H20N2O2/c1-20(2,3)18-17(13-14-9-7-8-12-16(14)21-18)22-19(23)24-15-10-5-4-6-11-15/h4-13H,1-3H3,(H,22,23). The summed E-state index contributed by atoms with van der Waals surface area (Å²) >= 11 is 0. The van der Waals surface area contributed by atoms with Gasteiger partial charge in [0.05, 0.1) is 16.9 Å². The maximum Gasteiger partial charge on any atom is 0.417 e. The summed E-state index contributed by atoms with van der Waals surface area (Å²) in [5.74, 6) is 0.501. The van der Waals surface area contributed by atoms with Gasteiger partial charge in [-0.2, -0.15) is 0 Å². The van der Waals surface area contributed by atoms with Crippen molar-refractivity contribution < 1.29 is 9.53 Å². The van der Waals surface area contributed by atoms with Crippen molar-refractivity contribution in [1.82, 2.24) is 4.98 Å². The van der Waals surface area contributed by atoms with Crippen molar-refractivity contribution in [1.29, 1.82) is 0 Å². The fraction of sp³-hybridized carbons (Fsp3) is 0.200. The van der Waals surface area contributed by atoms with Crippen LogP contribution in [-0.4, -0.2) is 11.1 Å². The van der Waals surface area contributed by atoms with Gasteiger partial charge in [-0.05, 0) is 24.3 Å². The largest absolute Gasteiger partial charge is 0.417 e. The molecule has 24 heavy (non-hydrogen) atoms. The zero-order chi connectivity index (χ0) is 17.2. The second-order valence-corrected chi connectivity index (χ2v) is 6.65. The number of nitrogens with zero attached hydrogens (tertiary/aromatic N) is 1. The minimum absolute atomic E-state index is 0.209. The summed E-state index contributed by atoms with van der Waals surface area (Å²) in [5.41, 5.74) is 2.19. The Bertz CT molecular complexity index is 868. The number of amides is 1. The molecule has 0 atom stereocenters. The van der Waals surface area contributed by atoms with E-state index in [1.807, 2.05) is 48.5 Å². The van der Waals surface area contributed by atoms with E-state index in [1.165, 1.54) is 0 Å². The van der Waals surface area contributed by atoms with Gasteiger partial charge in [-0.3, -0.25) is 10.3 Å². The van der Waals surface area contributed by atoms with E-state index in [0.717, 1.165) is 16.6 Å². The molecular formula is C20H20N2O2. The van der Waals surface area contributed by atoms with Crippen LogP contribution in [0.5, 0.6) is 5.75 Å². The average Bonchev–Trinajstić information content (AvgIpc) is 2.54. The zero-order valence-electron chi connectivity index (χ0n) is 14.0. The molecule has 4 heteroatoms. The molecule has 0 aliphatic heterocycles. The predicted octanol–water partition coefficient (Wildman–Crippen LogP) is 5.14. The van der Waals surface area contributed by atoms with Gasteiger partial charge in [-0.25, -0.2) is 4.79 Å². The van der Waals surface area contributed by atoms with Crippen molar-refractivity contribution in [3.8, 4) is 5.75 Å². The highest BCUT2D eigenvalue weighted by Crippen LogP contribution is 2.31. The van der Waals surface area contributed by atoms with Crippen molar-refractivity contribution in [2.24, 2.45) is 0 Å². The number of hydrogen-bond acceptors (Lipinski definition) is 3. The highest BCUT2D eigenvalue weighted by Gasteiger charge is 2.22. The smallest absolute Gasteiger partial charge is 0.410 e. The molecule has 0 aliphatic rings. The van der Waals surface area contributed by atoms with Crippen LogP contribution in [0.2, 0.25) is 0 Å². The molecule has 4 nitrogen and oxygen atoms in total. The average molecular weight is 320 g/mol. The van der Waals surface area contributed by atoms with Crippen LogP contribution in [0.3, 0.4) is 0 Å². The number of carbonyl (C=O) groups is 1. The van der Waals surface area contributed by atoms with E-state index in [2.05, 4.69) is 26.1 Å². The Morgan fingerprint density at radius 3 is 2.38 bits per heavy atom.